The van der Waals surface area contributed by atoms with Crippen molar-refractivity contribution in [3.05, 3.63) is 0 Å². The lowest BCUT2D eigenvalue weighted by atomic mass is 9.91. The molecule has 0 atom stereocenters. The molecule has 2 heterocycles. The summed E-state index contributed by atoms with van der Waals surface area (Å²) >= 11 is 0. The normalized spacial score (nSPS) is 21.7. The Bertz CT molecular complexity index is 206. The van der Waals surface area contributed by atoms with Crippen molar-refractivity contribution in [3.8, 4) is 0 Å². The Labute approximate surface area is 132 Å². The summed E-state index contributed by atoms with van der Waals surface area (Å²) in [5.41, 5.74) is 0. The largest absolute Gasteiger partial charge is 0.317 e. The van der Waals surface area contributed by atoms with Crippen LogP contribution in [0.1, 0.15) is 83.5 Å². The standard InChI is InChI=1S/C19H38N2/c1(2-4-6-8-18-10-14-20-15-11-18)3-5-7-9-19-12-16-21-17-13-19/h18-21H,1-17H2. The van der Waals surface area contributed by atoms with E-state index < -0.39 is 0 Å². The van der Waals surface area contributed by atoms with Gasteiger partial charge in [0.15, 0.2) is 0 Å². The van der Waals surface area contributed by atoms with Crippen LogP contribution in [0.5, 0.6) is 0 Å². The molecule has 0 amide bonds. The van der Waals surface area contributed by atoms with Crippen LogP contribution in [-0.4, -0.2) is 26.2 Å². The highest BCUT2D eigenvalue weighted by Crippen LogP contribution is 2.21. The van der Waals surface area contributed by atoms with Crippen LogP contribution in [0.25, 0.3) is 0 Å². The average Bonchev–Trinajstić information content (AvgIpc) is 2.55. The number of hydrogen-bond acceptors (Lipinski definition) is 2. The molecule has 21 heavy (non-hydrogen) atoms. The maximum absolute atomic E-state index is 3.47. The molecule has 0 spiro atoms. The third-order valence-corrected chi connectivity index (χ3v) is 5.64. The molecule has 124 valence electrons. The number of hydrogen-bond donors (Lipinski definition) is 2. The van der Waals surface area contributed by atoms with E-state index in [-0.39, 0.29) is 0 Å². The first-order valence-corrected chi connectivity index (χ1v) is 9.86. The molecule has 0 unspecified atom stereocenters. The topological polar surface area (TPSA) is 24.1 Å². The van der Waals surface area contributed by atoms with Gasteiger partial charge in [-0.1, -0.05) is 57.8 Å². The molecule has 2 rings (SSSR count). The average molecular weight is 295 g/mol. The van der Waals surface area contributed by atoms with Gasteiger partial charge in [-0.3, -0.25) is 0 Å². The summed E-state index contributed by atoms with van der Waals surface area (Å²) in [7, 11) is 0. The van der Waals surface area contributed by atoms with E-state index in [0.717, 1.165) is 11.8 Å². The Morgan fingerprint density at radius 3 is 1.19 bits per heavy atom. The second-order valence-electron chi connectivity index (χ2n) is 7.44. The number of nitrogens with one attached hydrogen (secondary N) is 2. The fourth-order valence-electron chi connectivity index (χ4n) is 4.09. The molecule has 0 aliphatic carbocycles. The number of piperidine rings is 2. The van der Waals surface area contributed by atoms with Crippen molar-refractivity contribution in [2.24, 2.45) is 11.8 Å². The molecule has 0 radical (unpaired) electrons. The summed E-state index contributed by atoms with van der Waals surface area (Å²) in [6, 6.07) is 0. The zero-order chi connectivity index (χ0) is 14.6. The van der Waals surface area contributed by atoms with Gasteiger partial charge >= 0.3 is 0 Å². The van der Waals surface area contributed by atoms with Crippen molar-refractivity contribution in [3.63, 3.8) is 0 Å². The van der Waals surface area contributed by atoms with Gasteiger partial charge in [-0.05, 0) is 63.7 Å². The van der Waals surface area contributed by atoms with Gasteiger partial charge in [0.1, 0.15) is 0 Å². The first-order chi connectivity index (χ1) is 10.4. The monoisotopic (exact) mass is 294 g/mol. The maximum atomic E-state index is 3.47. The minimum atomic E-state index is 1.04. The molecular weight excluding hydrogens is 256 g/mol. The maximum Gasteiger partial charge on any atom is -0.00463 e. The molecule has 2 saturated heterocycles. The molecule has 2 aliphatic rings. The van der Waals surface area contributed by atoms with Crippen LogP contribution in [0.3, 0.4) is 0 Å². The molecule has 2 heteroatoms. The van der Waals surface area contributed by atoms with E-state index in [1.807, 2.05) is 0 Å². The summed E-state index contributed by atoms with van der Waals surface area (Å²) in [4.78, 5) is 0. The van der Waals surface area contributed by atoms with Crippen molar-refractivity contribution in [2.45, 2.75) is 83.5 Å². The van der Waals surface area contributed by atoms with Gasteiger partial charge in [0.2, 0.25) is 0 Å². The van der Waals surface area contributed by atoms with E-state index in [9.17, 15) is 0 Å². The Morgan fingerprint density at radius 1 is 0.476 bits per heavy atom. The van der Waals surface area contributed by atoms with Gasteiger partial charge < -0.3 is 10.6 Å². The Morgan fingerprint density at radius 2 is 0.810 bits per heavy atom. The molecule has 2 nitrogen and oxygen atoms in total. The van der Waals surface area contributed by atoms with Crippen LogP contribution in [-0.2, 0) is 0 Å². The van der Waals surface area contributed by atoms with E-state index in [2.05, 4.69) is 10.6 Å². The van der Waals surface area contributed by atoms with E-state index in [0.29, 0.717) is 0 Å². The van der Waals surface area contributed by atoms with Crippen LogP contribution < -0.4 is 10.6 Å². The van der Waals surface area contributed by atoms with Crippen LogP contribution in [0.15, 0.2) is 0 Å². The summed E-state index contributed by atoms with van der Waals surface area (Å²) in [5, 5.41) is 6.93. The lowest BCUT2D eigenvalue weighted by Crippen LogP contribution is -2.27. The zero-order valence-electron chi connectivity index (χ0n) is 14.2. The van der Waals surface area contributed by atoms with E-state index in [4.69, 9.17) is 0 Å². The molecule has 2 N–H and O–H groups in total. The predicted molar refractivity (Wildman–Crippen MR) is 92.7 cm³/mol. The lowest BCUT2D eigenvalue weighted by Gasteiger charge is -2.22. The molecule has 0 aromatic carbocycles. The third kappa shape index (κ3) is 8.21. The smallest absolute Gasteiger partial charge is 0.00463 e. The molecule has 2 fully saturated rings. The Hall–Kier alpha value is -0.0800. The van der Waals surface area contributed by atoms with Crippen molar-refractivity contribution >= 4 is 0 Å². The second-order valence-corrected chi connectivity index (χ2v) is 7.44. The second kappa shape index (κ2) is 11.5. The quantitative estimate of drug-likeness (QED) is 0.580. The van der Waals surface area contributed by atoms with Crippen LogP contribution in [0.2, 0.25) is 0 Å². The van der Waals surface area contributed by atoms with Gasteiger partial charge in [-0.2, -0.15) is 0 Å². The number of unbranched alkanes of at least 4 members (excludes halogenated alkanes) is 6. The highest BCUT2D eigenvalue weighted by Gasteiger charge is 2.12. The molecule has 0 aromatic rings. The van der Waals surface area contributed by atoms with Gasteiger partial charge in [0, 0.05) is 0 Å². The minimum absolute atomic E-state index is 1.04. The van der Waals surface area contributed by atoms with Crippen molar-refractivity contribution < 1.29 is 0 Å². The summed E-state index contributed by atoms with van der Waals surface area (Å²) in [5.74, 6) is 2.08. The van der Waals surface area contributed by atoms with Gasteiger partial charge in [0.05, 0.1) is 0 Å². The van der Waals surface area contributed by atoms with Gasteiger partial charge in [-0.25, -0.2) is 0 Å². The first-order valence-electron chi connectivity index (χ1n) is 9.86. The predicted octanol–water partition coefficient (Wildman–Crippen LogP) is 4.50. The molecule has 0 aromatic heterocycles. The fraction of sp³-hybridized carbons (Fsp3) is 1.00. The highest BCUT2D eigenvalue weighted by atomic mass is 14.9. The van der Waals surface area contributed by atoms with Crippen LogP contribution >= 0.6 is 0 Å². The summed E-state index contributed by atoms with van der Waals surface area (Å²) in [6.07, 6.45) is 19.1. The molecule has 2 aliphatic heterocycles. The zero-order valence-corrected chi connectivity index (χ0v) is 14.2. The third-order valence-electron chi connectivity index (χ3n) is 5.64. The molecule has 0 saturated carbocycles. The minimum Gasteiger partial charge on any atom is -0.317 e. The molecule has 0 bridgehead atoms. The van der Waals surface area contributed by atoms with Crippen molar-refractivity contribution in [2.75, 3.05) is 26.2 Å². The van der Waals surface area contributed by atoms with Crippen molar-refractivity contribution in [1.29, 1.82) is 0 Å². The SMILES string of the molecule is C(CCCCC1CCNCC1)CCCCC1CCNCC1. The summed E-state index contributed by atoms with van der Waals surface area (Å²) in [6.45, 7) is 5.06. The van der Waals surface area contributed by atoms with Gasteiger partial charge in [0.25, 0.3) is 0 Å². The first kappa shape index (κ1) is 17.3. The Balaban J connectivity index is 1.30. The van der Waals surface area contributed by atoms with Crippen LogP contribution in [0, 0.1) is 11.8 Å². The molecular formula is C19H38N2. The summed E-state index contributed by atoms with van der Waals surface area (Å²) < 4.78 is 0. The fourth-order valence-corrected chi connectivity index (χ4v) is 4.09. The Kier molecular flexibility index (Phi) is 9.45. The van der Waals surface area contributed by atoms with E-state index in [1.165, 1.54) is 110 Å². The van der Waals surface area contributed by atoms with Gasteiger partial charge in [-0.15, -0.1) is 0 Å². The van der Waals surface area contributed by atoms with E-state index in [1.54, 1.807) is 0 Å². The lowest BCUT2D eigenvalue weighted by molar-refractivity contribution is 0.338. The number of rotatable bonds is 10. The van der Waals surface area contributed by atoms with Crippen molar-refractivity contribution in [1.82, 2.24) is 10.6 Å². The highest BCUT2D eigenvalue weighted by molar-refractivity contribution is 4.69. The van der Waals surface area contributed by atoms with E-state index >= 15 is 0 Å². The van der Waals surface area contributed by atoms with Crippen LogP contribution in [0.4, 0.5) is 0 Å².